The predicted molar refractivity (Wildman–Crippen MR) is 421 cm³/mol. The van der Waals surface area contributed by atoms with Crippen LogP contribution in [-0.4, -0.2) is 9.13 Å². The maximum atomic E-state index is 2.58. The van der Waals surface area contributed by atoms with Gasteiger partial charge in [-0.05, 0) is 174 Å². The Labute approximate surface area is 579 Å². The number of anilines is 6. The van der Waals surface area contributed by atoms with Crippen molar-refractivity contribution in [2.75, 3.05) is 9.80 Å². The van der Waals surface area contributed by atoms with Gasteiger partial charge in [-0.1, -0.05) is 289 Å². The molecule has 4 nitrogen and oxygen atoms in total. The van der Waals surface area contributed by atoms with E-state index in [-0.39, 0.29) is 21.7 Å². The first-order valence-electron chi connectivity index (χ1n) is 34.7. The van der Waals surface area contributed by atoms with Crippen molar-refractivity contribution in [3.8, 4) is 55.9 Å². The second-order valence-corrected chi connectivity index (χ2v) is 30.7. The van der Waals surface area contributed by atoms with E-state index in [1.807, 2.05) is 0 Å². The molecule has 0 spiro atoms. The van der Waals surface area contributed by atoms with Crippen LogP contribution in [-0.2, 0) is 21.7 Å². The Morgan fingerprint density at radius 2 is 0.704 bits per heavy atom. The van der Waals surface area contributed by atoms with E-state index in [4.69, 9.17) is 0 Å². The lowest BCUT2D eigenvalue weighted by atomic mass is 9.79. The smallest absolute Gasteiger partial charge is 0.0781 e. The van der Waals surface area contributed by atoms with Crippen molar-refractivity contribution in [2.24, 2.45) is 0 Å². The number of hydrogen-bond donors (Lipinski definition) is 0. The molecule has 0 bridgehead atoms. The molecule has 482 valence electrons. The Kier molecular flexibility index (Phi) is 15.9. The maximum Gasteiger partial charge on any atom is 0.0781 e. The third-order valence-electron chi connectivity index (χ3n) is 19.9. The summed E-state index contributed by atoms with van der Waals surface area (Å²) in [6.45, 7) is 28.0. The number of hydrogen-bond acceptors (Lipinski definition) is 2. The highest BCUT2D eigenvalue weighted by Gasteiger charge is 2.31. The molecule has 0 fully saturated rings. The minimum Gasteiger partial charge on any atom is -0.310 e. The molecule has 0 saturated heterocycles. The van der Waals surface area contributed by atoms with Gasteiger partial charge in [0, 0.05) is 61.1 Å². The van der Waals surface area contributed by atoms with Gasteiger partial charge in [-0.2, -0.15) is 0 Å². The Morgan fingerprint density at radius 3 is 1.29 bits per heavy atom. The zero-order valence-corrected chi connectivity index (χ0v) is 58.7. The van der Waals surface area contributed by atoms with Crippen molar-refractivity contribution in [3.05, 3.63) is 326 Å². The van der Waals surface area contributed by atoms with Crippen molar-refractivity contribution in [2.45, 2.75) is 105 Å². The Bertz CT molecular complexity index is 5380. The molecular weight excluding hydrogens is 1190 g/mol. The van der Waals surface area contributed by atoms with Crippen LogP contribution in [0.25, 0.3) is 99.5 Å². The minimum absolute atomic E-state index is 0.0640. The number of benzene rings is 13. The fraction of sp³-hybridized carbons (Fsp3) is 0.170. The van der Waals surface area contributed by atoms with Gasteiger partial charge in [-0.25, -0.2) is 0 Å². The normalized spacial score (nSPS) is 12.3. The molecule has 0 atom stereocenters. The lowest BCUT2D eigenvalue weighted by Gasteiger charge is -2.35. The van der Waals surface area contributed by atoms with Crippen LogP contribution in [0.3, 0.4) is 0 Å². The van der Waals surface area contributed by atoms with E-state index in [0.29, 0.717) is 0 Å². The van der Waals surface area contributed by atoms with E-state index in [1.165, 1.54) is 60.4 Å². The molecule has 2 heterocycles. The average Bonchev–Trinajstić information content (AvgIpc) is 1.54. The summed E-state index contributed by atoms with van der Waals surface area (Å²) in [5.74, 6) is 0. The van der Waals surface area contributed by atoms with Gasteiger partial charge in [0.05, 0.1) is 39.1 Å². The van der Waals surface area contributed by atoms with E-state index >= 15 is 0 Å². The molecule has 4 heteroatoms. The molecule has 0 unspecified atom stereocenters. The summed E-state index contributed by atoms with van der Waals surface area (Å²) in [6, 6.07) is 114. The lowest BCUT2D eigenvalue weighted by molar-refractivity contribution is 0.569. The van der Waals surface area contributed by atoms with Gasteiger partial charge in [0.25, 0.3) is 0 Å². The van der Waals surface area contributed by atoms with Crippen LogP contribution in [0.15, 0.2) is 303 Å². The quantitative estimate of drug-likeness (QED) is 0.121. The van der Waals surface area contributed by atoms with Crippen molar-refractivity contribution in [3.63, 3.8) is 0 Å². The molecule has 0 saturated carbocycles. The van der Waals surface area contributed by atoms with E-state index in [0.717, 1.165) is 95.4 Å². The Balaban J connectivity index is 1.06. The molecule has 2 aromatic heterocycles. The monoisotopic (exact) mass is 1270 g/mol. The van der Waals surface area contributed by atoms with Crippen LogP contribution in [0.2, 0.25) is 0 Å². The Hall–Kier alpha value is -10.9. The first-order chi connectivity index (χ1) is 47.1. The summed E-state index contributed by atoms with van der Waals surface area (Å²) in [5.41, 5.74) is 26.8. The SMILES string of the molecule is CC(C)(C)c1cc(N(c2cccc(-c3cc(C(C)(C)C)cc(C(C)(C)C)c3)c2)c2ccc(C(C)(C)C)cc2-c2ccccc2)cc(N(c2ccc(-c3ccccc3)cc2)c2c(-c3ccc4c5ccccc5n(-c5ccccc5)c4c3)cccc2-n2c3ccccc3c3ccccc32)c1. The fourth-order valence-electron chi connectivity index (χ4n) is 14.4. The molecular formula is C94H86N4. The van der Waals surface area contributed by atoms with Gasteiger partial charge in [-0.15, -0.1) is 0 Å². The summed E-state index contributed by atoms with van der Waals surface area (Å²) in [7, 11) is 0. The van der Waals surface area contributed by atoms with Crippen LogP contribution >= 0.6 is 0 Å². The molecule has 0 aliphatic rings. The summed E-state index contributed by atoms with van der Waals surface area (Å²) >= 11 is 0. The molecule has 15 rings (SSSR count). The van der Waals surface area contributed by atoms with E-state index in [9.17, 15) is 0 Å². The van der Waals surface area contributed by atoms with Gasteiger partial charge in [0.1, 0.15) is 0 Å². The first kappa shape index (κ1) is 63.1. The highest BCUT2D eigenvalue weighted by molar-refractivity contribution is 6.13. The first-order valence-corrected chi connectivity index (χ1v) is 34.7. The van der Waals surface area contributed by atoms with Gasteiger partial charge >= 0.3 is 0 Å². The molecule has 0 aliphatic carbocycles. The predicted octanol–water partition coefficient (Wildman–Crippen LogP) is 26.7. The summed E-state index contributed by atoms with van der Waals surface area (Å²) < 4.78 is 4.96. The fourth-order valence-corrected chi connectivity index (χ4v) is 14.4. The molecule has 0 radical (unpaired) electrons. The van der Waals surface area contributed by atoms with Crippen LogP contribution in [0.5, 0.6) is 0 Å². The van der Waals surface area contributed by atoms with Crippen LogP contribution in [0, 0.1) is 0 Å². The molecule has 0 aliphatic heterocycles. The zero-order valence-electron chi connectivity index (χ0n) is 58.7. The van der Waals surface area contributed by atoms with Crippen molar-refractivity contribution >= 4 is 77.7 Å². The van der Waals surface area contributed by atoms with Gasteiger partial charge < -0.3 is 18.9 Å². The zero-order chi connectivity index (χ0) is 67.8. The number of rotatable bonds is 12. The van der Waals surface area contributed by atoms with Crippen LogP contribution in [0.4, 0.5) is 34.1 Å². The van der Waals surface area contributed by atoms with Crippen molar-refractivity contribution < 1.29 is 0 Å². The summed E-state index contributed by atoms with van der Waals surface area (Å²) in [4.78, 5) is 5.14. The molecule has 13 aromatic carbocycles. The van der Waals surface area contributed by atoms with Gasteiger partial charge in [-0.3, -0.25) is 0 Å². The number of nitrogens with zero attached hydrogens (tertiary/aromatic N) is 4. The highest BCUT2D eigenvalue weighted by atomic mass is 15.2. The minimum atomic E-state index is -0.318. The Morgan fingerprint density at radius 1 is 0.235 bits per heavy atom. The molecule has 98 heavy (non-hydrogen) atoms. The van der Waals surface area contributed by atoms with E-state index < -0.39 is 0 Å². The third-order valence-corrected chi connectivity index (χ3v) is 19.9. The lowest BCUT2D eigenvalue weighted by Crippen LogP contribution is -2.19. The van der Waals surface area contributed by atoms with E-state index in [2.05, 4.69) is 405 Å². The third kappa shape index (κ3) is 11.8. The standard InChI is InChI=1S/C94H86N4/c1-91(2,3)69-49-53-87(83(61-69)65-32-18-14-19-33-65)95(75-37-28-34-66(56-75)68-54-70(92(4,5)6)58-71(55-68)93(7,8)9)76-59-72(94(10,11)12)60-77(62-76)96(74-50-46-64(47-51-74)63-30-16-13-17-31-63)90-78(41-29-45-88(90)98-85-43-26-23-38-79(85)80-39-24-27-44-86(80)98)67-48-52-82-81-40-22-25-42-84(81)97(89(82)57-67)73-35-20-15-21-36-73/h13-62H,1-12H3. The second-order valence-electron chi connectivity index (χ2n) is 30.7. The van der Waals surface area contributed by atoms with Crippen molar-refractivity contribution in [1.29, 1.82) is 0 Å². The molecule has 0 N–H and O–H groups in total. The average molecular weight is 1270 g/mol. The largest absolute Gasteiger partial charge is 0.310 e. The molecule has 15 aromatic rings. The second kappa shape index (κ2) is 24.6. The number of fused-ring (bicyclic) bond motifs is 6. The topological polar surface area (TPSA) is 16.3 Å². The van der Waals surface area contributed by atoms with Gasteiger partial charge in [0.15, 0.2) is 0 Å². The highest BCUT2D eigenvalue weighted by Crippen LogP contribution is 2.52. The number of aromatic nitrogens is 2. The molecule has 0 amide bonds. The van der Waals surface area contributed by atoms with Crippen molar-refractivity contribution in [1.82, 2.24) is 9.13 Å². The maximum absolute atomic E-state index is 2.58. The van der Waals surface area contributed by atoms with Crippen LogP contribution < -0.4 is 9.80 Å². The summed E-state index contributed by atoms with van der Waals surface area (Å²) in [5, 5.41) is 4.83. The number of para-hydroxylation sites is 5. The summed E-state index contributed by atoms with van der Waals surface area (Å²) in [6.07, 6.45) is 0. The van der Waals surface area contributed by atoms with Crippen LogP contribution in [0.1, 0.15) is 105 Å². The van der Waals surface area contributed by atoms with Gasteiger partial charge in [0.2, 0.25) is 0 Å². The van der Waals surface area contributed by atoms with E-state index in [1.54, 1.807) is 0 Å².